The SMILES string of the molecule is Cc1c(N)nc(C(C)C)nc1NCc1ccccc1F. The molecule has 2 rings (SSSR count). The zero-order valence-corrected chi connectivity index (χ0v) is 11.9. The molecule has 3 N–H and O–H groups in total. The maximum absolute atomic E-state index is 13.6. The van der Waals surface area contributed by atoms with Gasteiger partial charge in [-0.1, -0.05) is 32.0 Å². The predicted molar refractivity (Wildman–Crippen MR) is 79.0 cm³/mol. The molecule has 1 heterocycles. The van der Waals surface area contributed by atoms with E-state index in [0.717, 1.165) is 5.56 Å². The molecule has 0 saturated carbocycles. The molecule has 0 fully saturated rings. The van der Waals surface area contributed by atoms with E-state index in [1.807, 2.05) is 20.8 Å². The lowest BCUT2D eigenvalue weighted by Gasteiger charge is -2.13. The molecular formula is C15H19FN4. The number of halogens is 1. The molecular weight excluding hydrogens is 255 g/mol. The molecule has 0 aliphatic carbocycles. The number of rotatable bonds is 4. The number of nitrogens with one attached hydrogen (secondary N) is 1. The number of anilines is 2. The van der Waals surface area contributed by atoms with Crippen LogP contribution in [0.3, 0.4) is 0 Å². The van der Waals surface area contributed by atoms with Gasteiger partial charge < -0.3 is 11.1 Å². The third-order valence-corrected chi connectivity index (χ3v) is 3.12. The van der Waals surface area contributed by atoms with Gasteiger partial charge in [-0.3, -0.25) is 0 Å². The molecule has 0 bridgehead atoms. The van der Waals surface area contributed by atoms with Crippen LogP contribution in [0.2, 0.25) is 0 Å². The Labute approximate surface area is 118 Å². The smallest absolute Gasteiger partial charge is 0.135 e. The maximum Gasteiger partial charge on any atom is 0.135 e. The second-order valence-corrected chi connectivity index (χ2v) is 5.04. The van der Waals surface area contributed by atoms with E-state index >= 15 is 0 Å². The number of nitrogen functional groups attached to an aromatic ring is 1. The van der Waals surface area contributed by atoms with Gasteiger partial charge in [0.25, 0.3) is 0 Å². The lowest BCUT2D eigenvalue weighted by atomic mass is 10.2. The summed E-state index contributed by atoms with van der Waals surface area (Å²) >= 11 is 0. The van der Waals surface area contributed by atoms with Gasteiger partial charge in [0, 0.05) is 23.6 Å². The Morgan fingerprint density at radius 1 is 1.25 bits per heavy atom. The molecule has 1 aromatic heterocycles. The monoisotopic (exact) mass is 274 g/mol. The number of hydrogen-bond donors (Lipinski definition) is 2. The number of benzene rings is 1. The molecule has 0 aliphatic heterocycles. The van der Waals surface area contributed by atoms with Crippen LogP contribution in [0.4, 0.5) is 16.0 Å². The summed E-state index contributed by atoms with van der Waals surface area (Å²) in [4.78, 5) is 8.71. The Morgan fingerprint density at radius 2 is 1.95 bits per heavy atom. The van der Waals surface area contributed by atoms with Crippen molar-refractivity contribution in [2.45, 2.75) is 33.2 Å². The minimum absolute atomic E-state index is 0.187. The van der Waals surface area contributed by atoms with Crippen LogP contribution in [-0.2, 0) is 6.54 Å². The predicted octanol–water partition coefficient (Wildman–Crippen LogP) is 3.24. The van der Waals surface area contributed by atoms with Crippen LogP contribution < -0.4 is 11.1 Å². The van der Waals surface area contributed by atoms with Gasteiger partial charge in [-0.25, -0.2) is 14.4 Å². The van der Waals surface area contributed by atoms with Gasteiger partial charge in [-0.15, -0.1) is 0 Å². The van der Waals surface area contributed by atoms with Crippen LogP contribution >= 0.6 is 0 Å². The fourth-order valence-corrected chi connectivity index (χ4v) is 1.80. The van der Waals surface area contributed by atoms with E-state index in [1.54, 1.807) is 18.2 Å². The Morgan fingerprint density at radius 3 is 2.60 bits per heavy atom. The topological polar surface area (TPSA) is 63.8 Å². The molecule has 0 radical (unpaired) electrons. The van der Waals surface area contributed by atoms with E-state index in [2.05, 4.69) is 15.3 Å². The Balaban J connectivity index is 2.23. The quantitative estimate of drug-likeness (QED) is 0.898. The first-order valence-electron chi connectivity index (χ1n) is 6.60. The lowest BCUT2D eigenvalue weighted by Crippen LogP contribution is -2.11. The Hall–Kier alpha value is -2.17. The van der Waals surface area contributed by atoms with Gasteiger partial charge in [0.1, 0.15) is 23.3 Å². The van der Waals surface area contributed by atoms with Gasteiger partial charge in [-0.05, 0) is 13.0 Å². The normalized spacial score (nSPS) is 10.8. The van der Waals surface area contributed by atoms with Gasteiger partial charge >= 0.3 is 0 Å². The second-order valence-electron chi connectivity index (χ2n) is 5.04. The van der Waals surface area contributed by atoms with Gasteiger partial charge in [-0.2, -0.15) is 0 Å². The zero-order valence-electron chi connectivity index (χ0n) is 11.9. The van der Waals surface area contributed by atoms with Crippen molar-refractivity contribution in [2.75, 3.05) is 11.1 Å². The third-order valence-electron chi connectivity index (χ3n) is 3.12. The summed E-state index contributed by atoms with van der Waals surface area (Å²) in [5, 5.41) is 3.14. The van der Waals surface area contributed by atoms with Crippen molar-refractivity contribution in [1.82, 2.24) is 9.97 Å². The van der Waals surface area contributed by atoms with Gasteiger partial charge in [0.2, 0.25) is 0 Å². The fraction of sp³-hybridized carbons (Fsp3) is 0.333. The molecule has 106 valence electrons. The molecule has 4 nitrogen and oxygen atoms in total. The molecule has 0 atom stereocenters. The number of hydrogen-bond acceptors (Lipinski definition) is 4. The van der Waals surface area contributed by atoms with Crippen LogP contribution in [-0.4, -0.2) is 9.97 Å². The van der Waals surface area contributed by atoms with Crippen LogP contribution in [0.1, 0.15) is 36.7 Å². The van der Waals surface area contributed by atoms with Crippen molar-refractivity contribution in [2.24, 2.45) is 0 Å². The summed E-state index contributed by atoms with van der Waals surface area (Å²) in [6.07, 6.45) is 0. The van der Waals surface area contributed by atoms with Crippen LogP contribution in [0.25, 0.3) is 0 Å². The van der Waals surface area contributed by atoms with E-state index in [4.69, 9.17) is 5.73 Å². The highest BCUT2D eigenvalue weighted by atomic mass is 19.1. The Bertz CT molecular complexity index is 611. The van der Waals surface area contributed by atoms with E-state index in [1.165, 1.54) is 6.07 Å². The highest BCUT2D eigenvalue weighted by molar-refractivity contribution is 5.55. The summed E-state index contributed by atoms with van der Waals surface area (Å²) in [5.41, 5.74) is 7.27. The fourth-order valence-electron chi connectivity index (χ4n) is 1.80. The summed E-state index contributed by atoms with van der Waals surface area (Å²) in [6.45, 7) is 6.22. The molecule has 0 spiro atoms. The molecule has 20 heavy (non-hydrogen) atoms. The number of nitrogens with two attached hydrogens (primary N) is 1. The first-order chi connectivity index (χ1) is 9.49. The van der Waals surface area contributed by atoms with Crippen molar-refractivity contribution in [3.05, 3.63) is 47.0 Å². The van der Waals surface area contributed by atoms with E-state index in [9.17, 15) is 4.39 Å². The highest BCUT2D eigenvalue weighted by Gasteiger charge is 2.11. The highest BCUT2D eigenvalue weighted by Crippen LogP contribution is 2.21. The summed E-state index contributed by atoms with van der Waals surface area (Å²) in [6, 6.07) is 6.66. The first-order valence-corrected chi connectivity index (χ1v) is 6.60. The van der Waals surface area contributed by atoms with Crippen molar-refractivity contribution >= 4 is 11.6 Å². The average molecular weight is 274 g/mol. The van der Waals surface area contributed by atoms with E-state index in [-0.39, 0.29) is 11.7 Å². The van der Waals surface area contributed by atoms with E-state index in [0.29, 0.717) is 29.6 Å². The van der Waals surface area contributed by atoms with Crippen molar-refractivity contribution in [3.63, 3.8) is 0 Å². The van der Waals surface area contributed by atoms with Crippen LogP contribution in [0.15, 0.2) is 24.3 Å². The van der Waals surface area contributed by atoms with E-state index < -0.39 is 0 Å². The Kier molecular flexibility index (Phi) is 4.17. The standard InChI is InChI=1S/C15H19FN4/c1-9(2)14-19-13(17)10(3)15(20-14)18-8-11-6-4-5-7-12(11)16/h4-7,9H,8H2,1-3H3,(H3,17,18,19,20). The number of nitrogens with zero attached hydrogens (tertiary/aromatic N) is 2. The van der Waals surface area contributed by atoms with Crippen molar-refractivity contribution in [3.8, 4) is 0 Å². The zero-order chi connectivity index (χ0) is 14.7. The molecule has 0 aliphatic rings. The summed E-state index contributed by atoms with van der Waals surface area (Å²) < 4.78 is 13.6. The van der Waals surface area contributed by atoms with Gasteiger partial charge in [0.05, 0.1) is 0 Å². The van der Waals surface area contributed by atoms with Gasteiger partial charge in [0.15, 0.2) is 0 Å². The number of aromatic nitrogens is 2. The minimum Gasteiger partial charge on any atom is -0.383 e. The van der Waals surface area contributed by atoms with Crippen molar-refractivity contribution in [1.29, 1.82) is 0 Å². The van der Waals surface area contributed by atoms with Crippen molar-refractivity contribution < 1.29 is 4.39 Å². The van der Waals surface area contributed by atoms with Crippen LogP contribution in [0.5, 0.6) is 0 Å². The summed E-state index contributed by atoms with van der Waals surface area (Å²) in [7, 11) is 0. The molecule has 0 amide bonds. The minimum atomic E-state index is -0.233. The first kappa shape index (κ1) is 14.2. The summed E-state index contributed by atoms with van der Waals surface area (Å²) in [5.74, 6) is 1.75. The van der Waals surface area contributed by atoms with Crippen LogP contribution in [0, 0.1) is 12.7 Å². The molecule has 2 aromatic rings. The molecule has 0 unspecified atom stereocenters. The molecule has 0 saturated heterocycles. The largest absolute Gasteiger partial charge is 0.383 e. The molecule has 5 heteroatoms. The molecule has 1 aromatic carbocycles. The maximum atomic E-state index is 13.6. The second kappa shape index (κ2) is 5.86. The third kappa shape index (κ3) is 3.04. The lowest BCUT2D eigenvalue weighted by molar-refractivity contribution is 0.612. The average Bonchev–Trinajstić information content (AvgIpc) is 2.41.